The Hall–Kier alpha value is -1.36. The summed E-state index contributed by atoms with van der Waals surface area (Å²) < 4.78 is 2.05. The highest BCUT2D eigenvalue weighted by molar-refractivity contribution is 7.16. The Morgan fingerprint density at radius 1 is 1.44 bits per heavy atom. The second kappa shape index (κ2) is 4.65. The predicted octanol–water partition coefficient (Wildman–Crippen LogP) is 2.56. The third kappa shape index (κ3) is 1.95. The van der Waals surface area contributed by atoms with Crippen LogP contribution in [0.3, 0.4) is 0 Å². The van der Waals surface area contributed by atoms with Crippen LogP contribution in [0.1, 0.15) is 25.1 Å². The molecule has 0 saturated carbocycles. The molecular formula is C11H16N4S. The first-order chi connectivity index (χ1) is 7.76. The molecule has 2 aromatic heterocycles. The van der Waals surface area contributed by atoms with Crippen LogP contribution in [0.2, 0.25) is 0 Å². The number of anilines is 1. The number of nitrogen functional groups attached to an aromatic ring is 1. The summed E-state index contributed by atoms with van der Waals surface area (Å²) in [6.07, 6.45) is 3.84. The zero-order valence-corrected chi connectivity index (χ0v) is 10.4. The van der Waals surface area contributed by atoms with Crippen molar-refractivity contribution in [1.82, 2.24) is 14.8 Å². The lowest BCUT2D eigenvalue weighted by atomic mass is 10.2. The van der Waals surface area contributed by atoms with Crippen molar-refractivity contribution in [2.75, 3.05) is 5.73 Å². The predicted molar refractivity (Wildman–Crippen MR) is 67.4 cm³/mol. The van der Waals surface area contributed by atoms with Crippen molar-refractivity contribution in [2.24, 2.45) is 0 Å². The van der Waals surface area contributed by atoms with E-state index in [0.717, 1.165) is 35.8 Å². The van der Waals surface area contributed by atoms with Gasteiger partial charge in [-0.3, -0.25) is 0 Å². The lowest BCUT2D eigenvalue weighted by molar-refractivity contribution is 0.683. The van der Waals surface area contributed by atoms with Crippen molar-refractivity contribution in [3.63, 3.8) is 0 Å². The Bertz CT molecular complexity index is 472. The van der Waals surface area contributed by atoms with Gasteiger partial charge < -0.3 is 10.3 Å². The molecule has 0 unspecified atom stereocenters. The molecular weight excluding hydrogens is 220 g/mol. The summed E-state index contributed by atoms with van der Waals surface area (Å²) in [5.74, 6) is 0.885. The van der Waals surface area contributed by atoms with E-state index in [9.17, 15) is 0 Å². The van der Waals surface area contributed by atoms with Gasteiger partial charge in [-0.05, 0) is 18.9 Å². The van der Waals surface area contributed by atoms with E-state index >= 15 is 0 Å². The molecule has 0 aliphatic heterocycles. The first-order valence-electron chi connectivity index (χ1n) is 5.52. The maximum atomic E-state index is 6.01. The Morgan fingerprint density at radius 3 is 2.88 bits per heavy atom. The maximum Gasteiger partial charge on any atom is 0.166 e. The average Bonchev–Trinajstić information content (AvgIpc) is 2.85. The number of aromatic nitrogens is 3. The highest BCUT2D eigenvalue weighted by Crippen LogP contribution is 2.32. The Morgan fingerprint density at radius 2 is 2.25 bits per heavy atom. The summed E-state index contributed by atoms with van der Waals surface area (Å²) in [6.45, 7) is 5.20. The molecule has 5 heteroatoms. The van der Waals surface area contributed by atoms with Crippen LogP contribution in [0.15, 0.2) is 12.4 Å². The number of aryl methyl sites for hydroxylation is 2. The normalized spacial score (nSPS) is 10.9. The number of nitrogens with zero attached hydrogens (tertiary/aromatic N) is 3. The molecule has 86 valence electrons. The lowest BCUT2D eigenvalue weighted by Gasteiger charge is -2.03. The van der Waals surface area contributed by atoms with Gasteiger partial charge in [0.15, 0.2) is 5.82 Å². The van der Waals surface area contributed by atoms with Crippen LogP contribution in [0.5, 0.6) is 0 Å². The minimum absolute atomic E-state index is 0.835. The van der Waals surface area contributed by atoms with Gasteiger partial charge in [-0.1, -0.05) is 13.8 Å². The Balaban J connectivity index is 2.41. The molecule has 0 aromatic carbocycles. The summed E-state index contributed by atoms with van der Waals surface area (Å²) >= 11 is 1.64. The molecule has 0 saturated heterocycles. The van der Waals surface area contributed by atoms with Crippen molar-refractivity contribution in [3.8, 4) is 11.4 Å². The molecule has 4 nitrogen and oxygen atoms in total. The minimum Gasteiger partial charge on any atom is -0.390 e. The van der Waals surface area contributed by atoms with Gasteiger partial charge in [0.05, 0.1) is 10.6 Å². The monoisotopic (exact) mass is 236 g/mol. The van der Waals surface area contributed by atoms with Crippen LogP contribution in [0, 0.1) is 0 Å². The molecule has 2 aromatic rings. The van der Waals surface area contributed by atoms with Crippen LogP contribution in [0.4, 0.5) is 5.00 Å². The summed E-state index contributed by atoms with van der Waals surface area (Å²) in [7, 11) is 0. The van der Waals surface area contributed by atoms with E-state index in [1.165, 1.54) is 4.88 Å². The standard InChI is InChI=1S/C11H16N4S/c1-3-5-15-7-13-14-11(15)9-6-8(4-2)16-10(9)12/h6-7H,3-5,12H2,1-2H3. The minimum atomic E-state index is 0.835. The van der Waals surface area contributed by atoms with Gasteiger partial charge in [0.1, 0.15) is 6.33 Å². The van der Waals surface area contributed by atoms with Crippen molar-refractivity contribution < 1.29 is 0 Å². The average molecular weight is 236 g/mol. The van der Waals surface area contributed by atoms with Crippen molar-refractivity contribution in [1.29, 1.82) is 0 Å². The molecule has 0 fully saturated rings. The fourth-order valence-electron chi connectivity index (χ4n) is 1.67. The maximum absolute atomic E-state index is 6.01. The molecule has 0 aliphatic carbocycles. The number of thiophene rings is 1. The van der Waals surface area contributed by atoms with E-state index in [-0.39, 0.29) is 0 Å². The van der Waals surface area contributed by atoms with E-state index < -0.39 is 0 Å². The molecule has 0 amide bonds. The van der Waals surface area contributed by atoms with E-state index in [2.05, 4.69) is 34.7 Å². The topological polar surface area (TPSA) is 56.7 Å². The van der Waals surface area contributed by atoms with Gasteiger partial charge in [-0.15, -0.1) is 21.5 Å². The fourth-order valence-corrected chi connectivity index (χ4v) is 2.54. The van der Waals surface area contributed by atoms with Crippen LogP contribution in [0.25, 0.3) is 11.4 Å². The molecule has 0 bridgehead atoms. The SMILES string of the molecule is CCCn1cnnc1-c1cc(CC)sc1N. The molecule has 2 N–H and O–H groups in total. The first-order valence-corrected chi connectivity index (χ1v) is 6.34. The second-order valence-electron chi connectivity index (χ2n) is 3.69. The van der Waals surface area contributed by atoms with Crippen LogP contribution in [-0.4, -0.2) is 14.8 Å². The van der Waals surface area contributed by atoms with Gasteiger partial charge in [0.25, 0.3) is 0 Å². The first kappa shape index (κ1) is 11.1. The fraction of sp³-hybridized carbons (Fsp3) is 0.455. The smallest absolute Gasteiger partial charge is 0.166 e. The number of hydrogen-bond acceptors (Lipinski definition) is 4. The number of rotatable bonds is 4. The molecule has 0 atom stereocenters. The summed E-state index contributed by atoms with van der Waals surface area (Å²) in [5.41, 5.74) is 7.03. The van der Waals surface area contributed by atoms with E-state index in [0.29, 0.717) is 0 Å². The van der Waals surface area contributed by atoms with E-state index in [4.69, 9.17) is 5.73 Å². The van der Waals surface area contributed by atoms with Gasteiger partial charge in [-0.2, -0.15) is 0 Å². The van der Waals surface area contributed by atoms with Crippen LogP contribution in [-0.2, 0) is 13.0 Å². The van der Waals surface area contributed by atoms with Crippen molar-refractivity contribution in [3.05, 3.63) is 17.3 Å². The zero-order valence-electron chi connectivity index (χ0n) is 9.60. The number of hydrogen-bond donors (Lipinski definition) is 1. The highest BCUT2D eigenvalue weighted by Gasteiger charge is 2.13. The molecule has 0 radical (unpaired) electrons. The third-order valence-corrected chi connectivity index (χ3v) is 3.59. The molecule has 16 heavy (non-hydrogen) atoms. The molecule has 0 spiro atoms. The second-order valence-corrected chi connectivity index (χ2v) is 4.86. The zero-order chi connectivity index (χ0) is 11.5. The van der Waals surface area contributed by atoms with E-state index in [1.54, 1.807) is 17.7 Å². The molecule has 0 aliphatic rings. The van der Waals surface area contributed by atoms with Gasteiger partial charge in [0.2, 0.25) is 0 Å². The van der Waals surface area contributed by atoms with Crippen LogP contribution >= 0.6 is 11.3 Å². The largest absolute Gasteiger partial charge is 0.390 e. The van der Waals surface area contributed by atoms with Gasteiger partial charge in [0, 0.05) is 11.4 Å². The highest BCUT2D eigenvalue weighted by atomic mass is 32.1. The Labute approximate surface area is 99.1 Å². The van der Waals surface area contributed by atoms with Crippen LogP contribution < -0.4 is 5.73 Å². The quantitative estimate of drug-likeness (QED) is 0.887. The summed E-state index contributed by atoms with van der Waals surface area (Å²) in [5, 5.41) is 8.94. The number of nitrogens with two attached hydrogens (primary N) is 1. The Kier molecular flexibility index (Phi) is 3.24. The third-order valence-electron chi connectivity index (χ3n) is 2.48. The summed E-state index contributed by atoms with van der Waals surface area (Å²) in [6, 6.07) is 2.12. The molecule has 2 rings (SSSR count). The van der Waals surface area contributed by atoms with Crippen molar-refractivity contribution >= 4 is 16.3 Å². The molecule has 2 heterocycles. The summed E-state index contributed by atoms with van der Waals surface area (Å²) in [4.78, 5) is 1.29. The van der Waals surface area contributed by atoms with Gasteiger partial charge >= 0.3 is 0 Å². The van der Waals surface area contributed by atoms with Crippen molar-refractivity contribution in [2.45, 2.75) is 33.2 Å². The lowest BCUT2D eigenvalue weighted by Crippen LogP contribution is -1.98. The van der Waals surface area contributed by atoms with E-state index in [1.807, 2.05) is 0 Å². The van der Waals surface area contributed by atoms with Gasteiger partial charge in [-0.25, -0.2) is 0 Å².